The Balaban J connectivity index is 2.13. The molecule has 40 heavy (non-hydrogen) atoms. The number of ether oxygens (including phenoxy) is 1. The molecule has 0 aliphatic heterocycles. The van der Waals surface area contributed by atoms with Crippen LogP contribution in [0.5, 0.6) is 0 Å². The van der Waals surface area contributed by atoms with Crippen LogP contribution in [0.25, 0.3) is 11.1 Å². The van der Waals surface area contributed by atoms with Crippen LogP contribution in [-0.2, 0) is 4.74 Å². The van der Waals surface area contributed by atoms with Gasteiger partial charge in [-0.15, -0.1) is 0 Å². The van der Waals surface area contributed by atoms with Gasteiger partial charge in [0.15, 0.2) is 0 Å². The second-order valence-corrected chi connectivity index (χ2v) is 10.7. The average molecular weight is 546 g/mol. The van der Waals surface area contributed by atoms with E-state index in [1.807, 2.05) is 13.8 Å². The molecular weight excluding hydrogens is 510 g/mol. The molecule has 0 aliphatic carbocycles. The van der Waals surface area contributed by atoms with Gasteiger partial charge in [-0.3, -0.25) is 9.59 Å². The zero-order valence-electron chi connectivity index (χ0n) is 23.5. The number of anilines is 2. The lowest BCUT2D eigenvalue weighted by Crippen LogP contribution is -2.28. The first-order valence-electron chi connectivity index (χ1n) is 12.9. The van der Waals surface area contributed by atoms with Crippen molar-refractivity contribution in [3.8, 4) is 11.1 Å². The van der Waals surface area contributed by atoms with Gasteiger partial charge in [-0.25, -0.2) is 9.59 Å². The molecule has 9 heteroatoms. The van der Waals surface area contributed by atoms with Gasteiger partial charge in [-0.05, 0) is 80.3 Å². The van der Waals surface area contributed by atoms with Gasteiger partial charge in [-0.1, -0.05) is 32.0 Å². The van der Waals surface area contributed by atoms with Crippen molar-refractivity contribution in [3.05, 3.63) is 82.9 Å². The van der Waals surface area contributed by atoms with Crippen molar-refractivity contribution >= 4 is 35.1 Å². The average Bonchev–Trinajstić information content (AvgIpc) is 2.90. The van der Waals surface area contributed by atoms with E-state index in [0.717, 1.165) is 0 Å². The van der Waals surface area contributed by atoms with E-state index >= 15 is 0 Å². The monoisotopic (exact) mass is 545 g/mol. The van der Waals surface area contributed by atoms with Crippen molar-refractivity contribution in [1.29, 1.82) is 0 Å². The van der Waals surface area contributed by atoms with E-state index in [1.54, 1.807) is 64.2 Å². The van der Waals surface area contributed by atoms with Gasteiger partial charge in [0.05, 0.1) is 11.1 Å². The fraction of sp³-hybridized carbons (Fsp3) is 0.290. The molecule has 0 spiro atoms. The van der Waals surface area contributed by atoms with Gasteiger partial charge in [0, 0.05) is 36.1 Å². The second kappa shape index (κ2) is 12.5. The summed E-state index contributed by atoms with van der Waals surface area (Å²) < 4.78 is 5.66. The molecule has 9 nitrogen and oxygen atoms in total. The van der Waals surface area contributed by atoms with Crippen LogP contribution in [0.15, 0.2) is 60.7 Å². The summed E-state index contributed by atoms with van der Waals surface area (Å²) in [6.07, 6.45) is 0. The van der Waals surface area contributed by atoms with Crippen LogP contribution in [0.1, 0.15) is 76.1 Å². The summed E-state index contributed by atoms with van der Waals surface area (Å²) in [7, 11) is 1.71. The molecule has 210 valence electrons. The third-order valence-corrected chi connectivity index (χ3v) is 5.78. The Morgan fingerprint density at radius 2 is 1.50 bits per heavy atom. The van der Waals surface area contributed by atoms with Gasteiger partial charge in [0.25, 0.3) is 11.8 Å². The van der Waals surface area contributed by atoms with Gasteiger partial charge in [0.2, 0.25) is 0 Å². The van der Waals surface area contributed by atoms with Crippen molar-refractivity contribution in [2.45, 2.75) is 40.2 Å². The van der Waals surface area contributed by atoms with Crippen molar-refractivity contribution in [3.63, 3.8) is 0 Å². The van der Waals surface area contributed by atoms with Crippen LogP contribution in [0.2, 0.25) is 0 Å². The minimum atomic E-state index is -1.12. The van der Waals surface area contributed by atoms with E-state index in [-0.39, 0.29) is 34.1 Å². The Kier molecular flexibility index (Phi) is 9.31. The van der Waals surface area contributed by atoms with E-state index in [0.29, 0.717) is 29.0 Å². The van der Waals surface area contributed by atoms with Crippen LogP contribution in [0.3, 0.4) is 0 Å². The highest BCUT2D eigenvalue weighted by Crippen LogP contribution is 2.32. The number of carbonyl (C=O) groups is 4. The fourth-order valence-electron chi connectivity index (χ4n) is 3.87. The highest BCUT2D eigenvalue weighted by Gasteiger charge is 2.25. The lowest BCUT2D eigenvalue weighted by atomic mass is 9.92. The predicted octanol–water partition coefficient (Wildman–Crippen LogP) is 5.69. The first kappa shape index (κ1) is 29.9. The van der Waals surface area contributed by atoms with Crippen LogP contribution in [-0.4, -0.2) is 48.1 Å². The number of benzene rings is 3. The van der Waals surface area contributed by atoms with E-state index in [9.17, 15) is 24.3 Å². The minimum absolute atomic E-state index is 0.0283. The Morgan fingerprint density at radius 1 is 0.825 bits per heavy atom. The quantitative estimate of drug-likeness (QED) is 0.254. The summed E-state index contributed by atoms with van der Waals surface area (Å²) in [5.41, 5.74) is 1.67. The van der Waals surface area contributed by atoms with Gasteiger partial charge >= 0.3 is 11.9 Å². The Labute approximate surface area is 233 Å². The molecule has 0 bridgehead atoms. The molecule has 4 N–H and O–H groups in total. The molecule has 0 aromatic heterocycles. The summed E-state index contributed by atoms with van der Waals surface area (Å²) in [6, 6.07) is 15.7. The molecule has 0 saturated heterocycles. The molecule has 0 saturated carbocycles. The standard InChI is InChI=1S/C31H35N3O6/c1-18(2)17-33-27(35)19-10-12-24(26(15-19)30(39)40-31(3,4)5)23-13-11-21(32-6)16-25(23)28(36)34-22-9-7-8-20(14-22)29(37)38/h7-16,18,32H,17H2,1-6H3,(H,33,35)(H,34,36)(H,37,38). The third-order valence-electron chi connectivity index (χ3n) is 5.78. The zero-order valence-corrected chi connectivity index (χ0v) is 23.5. The molecule has 0 atom stereocenters. The SMILES string of the molecule is CNc1ccc(-c2ccc(C(=O)NCC(C)C)cc2C(=O)OC(C)(C)C)c(C(=O)Nc2cccc(C(=O)O)c2)c1. The molecular formula is C31H35N3O6. The maximum absolute atomic E-state index is 13.5. The molecule has 0 heterocycles. The first-order chi connectivity index (χ1) is 18.8. The number of hydrogen-bond donors (Lipinski definition) is 4. The van der Waals surface area contributed by atoms with Gasteiger partial charge < -0.3 is 25.8 Å². The van der Waals surface area contributed by atoms with Crippen LogP contribution >= 0.6 is 0 Å². The number of aromatic carboxylic acids is 1. The number of nitrogens with one attached hydrogen (secondary N) is 3. The van der Waals surface area contributed by atoms with Crippen molar-refractivity contribution in [1.82, 2.24) is 5.32 Å². The number of rotatable bonds is 9. The number of carboxylic acids is 1. The molecule has 0 aliphatic rings. The Bertz CT molecular complexity index is 1440. The summed E-state index contributed by atoms with van der Waals surface area (Å²) in [6.45, 7) is 9.67. The van der Waals surface area contributed by atoms with Crippen molar-refractivity contribution < 1.29 is 29.0 Å². The molecule has 0 radical (unpaired) electrons. The smallest absolute Gasteiger partial charge is 0.339 e. The summed E-state index contributed by atoms with van der Waals surface area (Å²) >= 11 is 0. The summed E-state index contributed by atoms with van der Waals surface area (Å²) in [5.74, 6) is -2.35. The van der Waals surface area contributed by atoms with Crippen molar-refractivity contribution in [2.75, 3.05) is 24.2 Å². The first-order valence-corrected chi connectivity index (χ1v) is 12.9. The van der Waals surface area contributed by atoms with E-state index < -0.39 is 23.4 Å². The highest BCUT2D eigenvalue weighted by molar-refractivity contribution is 6.12. The Morgan fingerprint density at radius 3 is 2.12 bits per heavy atom. The largest absolute Gasteiger partial charge is 0.478 e. The van der Waals surface area contributed by atoms with E-state index in [2.05, 4.69) is 16.0 Å². The maximum Gasteiger partial charge on any atom is 0.339 e. The fourth-order valence-corrected chi connectivity index (χ4v) is 3.87. The third kappa shape index (κ3) is 7.69. The van der Waals surface area contributed by atoms with Crippen molar-refractivity contribution in [2.24, 2.45) is 5.92 Å². The van der Waals surface area contributed by atoms with Gasteiger partial charge in [-0.2, -0.15) is 0 Å². The zero-order chi connectivity index (χ0) is 29.6. The van der Waals surface area contributed by atoms with Crippen LogP contribution in [0.4, 0.5) is 11.4 Å². The minimum Gasteiger partial charge on any atom is -0.478 e. The number of esters is 1. The molecule has 0 unspecified atom stereocenters. The number of amides is 2. The highest BCUT2D eigenvalue weighted by atomic mass is 16.6. The van der Waals surface area contributed by atoms with E-state index in [4.69, 9.17) is 4.74 Å². The maximum atomic E-state index is 13.5. The molecule has 3 aromatic carbocycles. The second-order valence-electron chi connectivity index (χ2n) is 10.7. The lowest BCUT2D eigenvalue weighted by Gasteiger charge is -2.22. The molecule has 3 rings (SSSR count). The molecule has 0 fully saturated rings. The van der Waals surface area contributed by atoms with Gasteiger partial charge in [0.1, 0.15) is 5.60 Å². The normalized spacial score (nSPS) is 11.1. The Hall–Kier alpha value is -4.66. The summed E-state index contributed by atoms with van der Waals surface area (Å²) in [4.78, 5) is 51.1. The van der Waals surface area contributed by atoms with Crippen LogP contribution < -0.4 is 16.0 Å². The summed E-state index contributed by atoms with van der Waals surface area (Å²) in [5, 5.41) is 17.9. The topological polar surface area (TPSA) is 134 Å². The number of hydrogen-bond acceptors (Lipinski definition) is 6. The van der Waals surface area contributed by atoms with E-state index in [1.165, 1.54) is 24.3 Å². The molecule has 3 aromatic rings. The lowest BCUT2D eigenvalue weighted by molar-refractivity contribution is 0.00700. The van der Waals surface area contributed by atoms with Crippen LogP contribution in [0, 0.1) is 5.92 Å². The predicted molar refractivity (Wildman–Crippen MR) is 155 cm³/mol. The number of carbonyl (C=O) groups excluding carboxylic acids is 3. The number of carboxylic acid groups (broad SMARTS) is 1. The molecule has 2 amide bonds.